The Kier molecular flexibility index (Phi) is 9.78. The first-order chi connectivity index (χ1) is 25.6. The third-order valence-corrected chi connectivity index (χ3v) is 9.83. The van der Waals surface area contributed by atoms with Crippen LogP contribution in [0.4, 0.5) is 0 Å². The van der Waals surface area contributed by atoms with Crippen LogP contribution in [0.5, 0.6) is 0 Å². The van der Waals surface area contributed by atoms with Gasteiger partial charge in [-0.3, -0.25) is 4.68 Å². The quantitative estimate of drug-likeness (QED) is 0.162. The summed E-state index contributed by atoms with van der Waals surface area (Å²) in [6.07, 6.45) is 0.830. The van der Waals surface area contributed by atoms with Crippen LogP contribution in [-0.2, 0) is 43.7 Å². The van der Waals surface area contributed by atoms with Crippen LogP contribution in [0.2, 0.25) is 0 Å². The fourth-order valence-electron chi connectivity index (χ4n) is 6.69. The van der Waals surface area contributed by atoms with Crippen molar-refractivity contribution in [3.8, 4) is 39.2 Å². The van der Waals surface area contributed by atoms with Gasteiger partial charge >= 0.3 is 0 Å². The number of nitrogens with zero attached hydrogens (tertiary/aromatic N) is 3. The molecule has 2 aromatic heterocycles. The van der Waals surface area contributed by atoms with E-state index in [-0.39, 0.29) is 30.9 Å². The van der Waals surface area contributed by atoms with E-state index in [9.17, 15) is 0 Å². The van der Waals surface area contributed by atoms with E-state index in [1.54, 1.807) is 6.20 Å². The maximum absolute atomic E-state index is 8.68. The van der Waals surface area contributed by atoms with Crippen molar-refractivity contribution in [3.05, 3.63) is 150 Å². The molecule has 0 amide bonds. The molecule has 6 aromatic rings. The molecular formula is C48H53IrN3-2. The van der Waals surface area contributed by atoms with Gasteiger partial charge in [0.25, 0.3) is 0 Å². The molecule has 0 N–H and O–H groups in total. The van der Waals surface area contributed by atoms with Crippen molar-refractivity contribution in [1.29, 1.82) is 0 Å². The van der Waals surface area contributed by atoms with Gasteiger partial charge < -0.3 is 4.98 Å². The van der Waals surface area contributed by atoms with Gasteiger partial charge in [-0.2, -0.15) is 23.3 Å². The zero-order valence-corrected chi connectivity index (χ0v) is 34.5. The monoisotopic (exact) mass is 868 g/mol. The standard InChI is InChI=1S/C37H45N2.C11H8N.Ir/c1-34(2,3)22-25-11-15-27(16-12-25)29-19-20-32-31(21-29)36(7,8)37(9,10)33-30(24-38-39(32)33)28-17-13-26(14-18-28)23-35(4,5)6;1-2-6-10(7-3-1)11-8-4-5-9-12-11;/h11-19,21,24H,22-23H2,1-10H3;1-6,8-9H;/q2*-1;/i22D2,23D2;;. The van der Waals surface area contributed by atoms with Gasteiger partial charge in [-0.15, -0.1) is 47.0 Å². The molecule has 3 nitrogen and oxygen atoms in total. The van der Waals surface area contributed by atoms with Crippen LogP contribution in [0, 0.1) is 23.0 Å². The minimum Gasteiger partial charge on any atom is -0.305 e. The summed E-state index contributed by atoms with van der Waals surface area (Å²) < 4.78 is 36.7. The van der Waals surface area contributed by atoms with Gasteiger partial charge in [0.2, 0.25) is 0 Å². The summed E-state index contributed by atoms with van der Waals surface area (Å²) >= 11 is 0. The van der Waals surface area contributed by atoms with E-state index >= 15 is 0 Å². The second-order valence-corrected chi connectivity index (χ2v) is 16.6. The van der Waals surface area contributed by atoms with Crippen molar-refractivity contribution in [2.24, 2.45) is 10.8 Å². The Bertz CT molecular complexity index is 2230. The van der Waals surface area contributed by atoms with E-state index in [1.807, 2.05) is 149 Å². The molecule has 4 aromatic carbocycles. The molecule has 4 heteroatoms. The summed E-state index contributed by atoms with van der Waals surface area (Å²) in [7, 11) is 0. The molecule has 0 unspecified atom stereocenters. The molecule has 271 valence electrons. The van der Waals surface area contributed by atoms with E-state index in [0.717, 1.165) is 44.9 Å². The van der Waals surface area contributed by atoms with E-state index in [0.29, 0.717) is 11.1 Å². The van der Waals surface area contributed by atoms with Crippen molar-refractivity contribution in [2.45, 2.75) is 92.8 Å². The normalized spacial score (nSPS) is 16.0. The summed E-state index contributed by atoms with van der Waals surface area (Å²) in [4.78, 5) is 4.22. The smallest absolute Gasteiger partial charge is 0.0575 e. The summed E-state index contributed by atoms with van der Waals surface area (Å²) in [5.74, 6) is 0. The number of hydrogen-bond donors (Lipinski definition) is 0. The van der Waals surface area contributed by atoms with E-state index < -0.39 is 23.6 Å². The largest absolute Gasteiger partial charge is 0.305 e. The van der Waals surface area contributed by atoms with Crippen LogP contribution >= 0.6 is 0 Å². The van der Waals surface area contributed by atoms with Gasteiger partial charge in [-0.25, -0.2) is 0 Å². The Morgan fingerprint density at radius 1 is 0.692 bits per heavy atom. The Balaban J connectivity index is 0.000000391. The average Bonchev–Trinajstić information content (AvgIpc) is 3.61. The third-order valence-electron chi connectivity index (χ3n) is 9.83. The molecule has 52 heavy (non-hydrogen) atoms. The van der Waals surface area contributed by atoms with E-state index in [4.69, 9.17) is 10.6 Å². The van der Waals surface area contributed by atoms with Crippen molar-refractivity contribution < 1.29 is 25.6 Å². The zero-order chi connectivity index (χ0) is 40.2. The molecular weight excluding hydrogens is 811 g/mol. The maximum Gasteiger partial charge on any atom is 0.0575 e. The molecule has 1 radical (unpaired) electrons. The predicted molar refractivity (Wildman–Crippen MR) is 214 cm³/mol. The summed E-state index contributed by atoms with van der Waals surface area (Å²) in [6, 6.07) is 40.3. The summed E-state index contributed by atoms with van der Waals surface area (Å²) in [5, 5.41) is 4.88. The number of pyridine rings is 1. The Hall–Kier alpha value is -4.11. The minimum atomic E-state index is -1.45. The molecule has 0 atom stereocenters. The molecule has 3 heterocycles. The number of rotatable bonds is 5. The summed E-state index contributed by atoms with van der Waals surface area (Å²) in [6.45, 7) is 20.7. The number of fused-ring (bicyclic) bond motifs is 3. The second-order valence-electron chi connectivity index (χ2n) is 16.6. The van der Waals surface area contributed by atoms with Crippen molar-refractivity contribution in [2.75, 3.05) is 0 Å². The fraction of sp³-hybridized carbons (Fsp3) is 0.333. The first-order valence-corrected chi connectivity index (χ1v) is 17.8. The average molecular weight is 868 g/mol. The van der Waals surface area contributed by atoms with Crippen molar-refractivity contribution in [1.82, 2.24) is 14.8 Å². The van der Waals surface area contributed by atoms with Crippen molar-refractivity contribution in [3.63, 3.8) is 0 Å². The molecule has 1 aliphatic rings. The molecule has 0 saturated heterocycles. The zero-order valence-electron chi connectivity index (χ0n) is 36.1. The van der Waals surface area contributed by atoms with Crippen LogP contribution in [0.15, 0.2) is 116 Å². The molecule has 0 bridgehead atoms. The van der Waals surface area contributed by atoms with E-state index in [1.165, 1.54) is 5.56 Å². The van der Waals surface area contributed by atoms with Gasteiger partial charge in [0, 0.05) is 42.8 Å². The molecule has 7 rings (SSSR count). The molecule has 0 aliphatic carbocycles. The van der Waals surface area contributed by atoms with Gasteiger partial charge in [0.05, 0.1) is 11.9 Å². The van der Waals surface area contributed by atoms with Crippen LogP contribution in [0.1, 0.15) is 97.1 Å². The Morgan fingerprint density at radius 3 is 1.83 bits per heavy atom. The SMILES string of the molecule is [2H]C([2H])(c1ccc(-c2c[c-]c3c(c2)C(C)(C)C(C)(C)c2c(-c4ccc(C([2H])([2H])C(C)(C)C)cc4)cnn2-3)cc1)C(C)(C)C.[Ir].[c-]1ccccc1-c1ccccn1. The van der Waals surface area contributed by atoms with Gasteiger partial charge in [-0.05, 0) is 63.1 Å². The Labute approximate surface area is 331 Å². The molecule has 0 saturated carbocycles. The number of aromatic nitrogens is 3. The third kappa shape index (κ3) is 8.40. The summed E-state index contributed by atoms with van der Waals surface area (Å²) in [5.41, 5.74) is 9.18. The topological polar surface area (TPSA) is 30.7 Å². The second kappa shape index (κ2) is 15.1. The van der Waals surface area contributed by atoms with Crippen molar-refractivity contribution >= 4 is 0 Å². The van der Waals surface area contributed by atoms with Crippen LogP contribution < -0.4 is 0 Å². The molecule has 0 fully saturated rings. The van der Waals surface area contributed by atoms with Crippen LogP contribution in [0.25, 0.3) is 39.2 Å². The fourth-order valence-corrected chi connectivity index (χ4v) is 6.69. The van der Waals surface area contributed by atoms with Crippen LogP contribution in [0.3, 0.4) is 0 Å². The van der Waals surface area contributed by atoms with E-state index in [2.05, 4.69) is 50.9 Å². The molecule has 1 aliphatic heterocycles. The minimum absolute atomic E-state index is 0. The number of hydrogen-bond acceptors (Lipinski definition) is 2. The van der Waals surface area contributed by atoms with Gasteiger partial charge in [-0.1, -0.05) is 135 Å². The molecule has 0 spiro atoms. The first-order valence-electron chi connectivity index (χ1n) is 19.8. The van der Waals surface area contributed by atoms with Gasteiger partial charge in [0.1, 0.15) is 0 Å². The maximum atomic E-state index is 8.68. The van der Waals surface area contributed by atoms with Gasteiger partial charge in [0.15, 0.2) is 0 Å². The predicted octanol–water partition coefficient (Wildman–Crippen LogP) is 12.3. The Morgan fingerprint density at radius 2 is 1.29 bits per heavy atom. The van der Waals surface area contributed by atoms with Crippen LogP contribution in [-0.4, -0.2) is 14.8 Å². The first kappa shape index (κ1) is 33.7. The number of benzene rings is 4.